The van der Waals surface area contributed by atoms with Gasteiger partial charge in [0.1, 0.15) is 5.75 Å². The lowest BCUT2D eigenvalue weighted by Gasteiger charge is -2.46. The van der Waals surface area contributed by atoms with E-state index in [2.05, 4.69) is 35.3 Å². The number of aromatic hydroxyl groups is 3. The van der Waals surface area contributed by atoms with Crippen LogP contribution >= 0.6 is 0 Å². The normalized spacial score (nSPS) is 28.6. The minimum Gasteiger partial charge on any atom is -0.508 e. The molecule has 0 bridgehead atoms. The van der Waals surface area contributed by atoms with E-state index in [-0.39, 0.29) is 47.5 Å². The van der Waals surface area contributed by atoms with Crippen LogP contribution in [-0.4, -0.2) is 61.0 Å². The summed E-state index contributed by atoms with van der Waals surface area (Å²) in [6.07, 6.45) is 14.3. The SMILES string of the molecule is COc1c(O)c(O)c(CO)c(C2CC(O)C3CCC(c4ccc(O)c(C5CC(C6CCCC6)CCC5C(O)CCc5ccccc5)c4)CC3O2)c1Cc1cc[nH]c1. The quantitative estimate of drug-likeness (QED) is 0.0705. The lowest BCUT2D eigenvalue weighted by atomic mass is 9.64. The molecule has 1 aliphatic heterocycles. The first-order chi connectivity index (χ1) is 27.7. The molecule has 3 aliphatic carbocycles. The highest BCUT2D eigenvalue weighted by Crippen LogP contribution is 2.54. The standard InChI is InChI=1S/C48H61NO8/c1-56-48-38(21-29-19-20-49-26-29)45(39(27-50)46(54)47(48)55)44-25-42(53)35-16-13-33(24-43(35)57-44)32-14-18-41(52)37(23-32)36-22-31(30-9-5-6-10-30)12-15-34(36)40(51)17-11-28-7-3-2-4-8-28/h2-4,7-8,14,18-20,23,26,30-31,33-36,40,42-44,49-55H,5-6,9-13,15-17,21-22,24-25,27H2,1H3. The molecule has 3 saturated carbocycles. The predicted molar refractivity (Wildman–Crippen MR) is 219 cm³/mol. The van der Waals surface area contributed by atoms with Crippen LogP contribution in [0.3, 0.4) is 0 Å². The number of benzene rings is 3. The minimum absolute atomic E-state index is 0.0658. The molecule has 306 valence electrons. The molecule has 2 heterocycles. The summed E-state index contributed by atoms with van der Waals surface area (Å²) in [6.45, 7) is -0.521. The van der Waals surface area contributed by atoms with Crippen LogP contribution in [0.25, 0.3) is 0 Å². The summed E-state index contributed by atoms with van der Waals surface area (Å²) in [6, 6.07) is 18.4. The summed E-state index contributed by atoms with van der Waals surface area (Å²) in [5, 5.41) is 67.6. The molecule has 9 nitrogen and oxygen atoms in total. The fourth-order valence-corrected chi connectivity index (χ4v) is 11.5. The van der Waals surface area contributed by atoms with E-state index in [9.17, 15) is 30.6 Å². The van der Waals surface area contributed by atoms with E-state index in [4.69, 9.17) is 9.47 Å². The molecule has 3 aromatic carbocycles. The van der Waals surface area contributed by atoms with Gasteiger partial charge in [-0.25, -0.2) is 0 Å². The highest BCUT2D eigenvalue weighted by Gasteiger charge is 2.45. The fraction of sp³-hybridized carbons (Fsp3) is 0.542. The Balaban J connectivity index is 1.06. The Kier molecular flexibility index (Phi) is 12.2. The van der Waals surface area contributed by atoms with E-state index in [1.807, 2.05) is 36.7 Å². The van der Waals surface area contributed by atoms with Crippen LogP contribution in [0.15, 0.2) is 67.0 Å². The van der Waals surface area contributed by atoms with Gasteiger partial charge in [0.2, 0.25) is 5.75 Å². The lowest BCUT2D eigenvalue weighted by Crippen LogP contribution is -2.44. The first-order valence-corrected chi connectivity index (χ1v) is 21.5. The van der Waals surface area contributed by atoms with E-state index >= 15 is 0 Å². The highest BCUT2D eigenvalue weighted by atomic mass is 16.5. The first kappa shape index (κ1) is 39.8. The van der Waals surface area contributed by atoms with Gasteiger partial charge in [-0.15, -0.1) is 0 Å². The molecule has 0 radical (unpaired) electrons. The number of H-pyrrole nitrogens is 1. The zero-order valence-corrected chi connectivity index (χ0v) is 33.2. The third-order valence-electron chi connectivity index (χ3n) is 14.5. The fourth-order valence-electron chi connectivity index (χ4n) is 11.5. The number of aliphatic hydroxyl groups excluding tert-OH is 3. The Morgan fingerprint density at radius 1 is 0.842 bits per heavy atom. The summed E-state index contributed by atoms with van der Waals surface area (Å²) in [5.74, 6) is 1.09. The summed E-state index contributed by atoms with van der Waals surface area (Å²) in [7, 11) is 1.44. The second-order valence-corrected chi connectivity index (χ2v) is 17.6. The Bertz CT molecular complexity index is 1940. The minimum atomic E-state index is -0.661. The van der Waals surface area contributed by atoms with Crippen LogP contribution in [0, 0.1) is 23.7 Å². The number of methoxy groups -OCH3 is 1. The van der Waals surface area contributed by atoms with Gasteiger partial charge in [0.05, 0.1) is 38.1 Å². The Morgan fingerprint density at radius 3 is 2.39 bits per heavy atom. The molecule has 9 heteroatoms. The van der Waals surface area contributed by atoms with Crippen molar-refractivity contribution >= 4 is 0 Å². The van der Waals surface area contributed by atoms with E-state index < -0.39 is 36.4 Å². The number of phenols is 3. The zero-order chi connectivity index (χ0) is 39.6. The van der Waals surface area contributed by atoms with Crippen LogP contribution in [-0.2, 0) is 24.2 Å². The summed E-state index contributed by atoms with van der Waals surface area (Å²) >= 11 is 0. The van der Waals surface area contributed by atoms with Gasteiger partial charge in [0.25, 0.3) is 0 Å². The van der Waals surface area contributed by atoms with Gasteiger partial charge in [-0.05, 0) is 121 Å². The van der Waals surface area contributed by atoms with Crippen LogP contribution in [0.2, 0.25) is 0 Å². The monoisotopic (exact) mass is 779 g/mol. The number of fused-ring (bicyclic) bond motifs is 1. The van der Waals surface area contributed by atoms with Crippen LogP contribution in [0.4, 0.5) is 0 Å². The number of aryl methyl sites for hydroxylation is 1. The molecule has 0 spiro atoms. The van der Waals surface area contributed by atoms with Crippen LogP contribution in [0.5, 0.6) is 23.0 Å². The van der Waals surface area contributed by atoms with Gasteiger partial charge in [0, 0.05) is 42.3 Å². The second kappa shape index (κ2) is 17.5. The molecule has 9 unspecified atom stereocenters. The van der Waals surface area contributed by atoms with Gasteiger partial charge in [-0.3, -0.25) is 0 Å². The average molecular weight is 780 g/mol. The van der Waals surface area contributed by atoms with E-state index in [0.717, 1.165) is 61.1 Å². The predicted octanol–water partition coefficient (Wildman–Crippen LogP) is 8.68. The van der Waals surface area contributed by atoms with Crippen molar-refractivity contribution in [1.82, 2.24) is 4.98 Å². The molecule has 0 amide bonds. The summed E-state index contributed by atoms with van der Waals surface area (Å²) < 4.78 is 12.6. The molecule has 9 atom stereocenters. The van der Waals surface area contributed by atoms with Crippen LogP contribution in [0.1, 0.15) is 134 Å². The molecule has 8 rings (SSSR count). The lowest BCUT2D eigenvalue weighted by molar-refractivity contribution is -0.154. The number of nitrogens with one attached hydrogen (secondary N) is 1. The maximum absolute atomic E-state index is 11.8. The second-order valence-electron chi connectivity index (χ2n) is 17.6. The zero-order valence-electron chi connectivity index (χ0n) is 33.2. The van der Waals surface area contributed by atoms with Gasteiger partial charge in [-0.2, -0.15) is 0 Å². The summed E-state index contributed by atoms with van der Waals surface area (Å²) in [4.78, 5) is 3.07. The number of ether oxygens (including phenoxy) is 2. The van der Waals surface area contributed by atoms with Crippen molar-refractivity contribution in [3.8, 4) is 23.0 Å². The number of rotatable bonds is 12. The molecule has 4 fully saturated rings. The molecule has 7 N–H and O–H groups in total. The van der Waals surface area contributed by atoms with Gasteiger partial charge >= 0.3 is 0 Å². The molecule has 4 aliphatic rings. The van der Waals surface area contributed by atoms with E-state index in [0.29, 0.717) is 42.1 Å². The number of aliphatic hydroxyl groups is 3. The number of aromatic amines is 1. The Hall–Kier alpha value is -4.02. The van der Waals surface area contributed by atoms with Crippen molar-refractivity contribution in [2.45, 2.75) is 133 Å². The van der Waals surface area contributed by atoms with E-state index in [1.54, 1.807) is 0 Å². The molecule has 1 aromatic heterocycles. The molecule has 1 saturated heterocycles. The van der Waals surface area contributed by atoms with Crippen molar-refractivity contribution in [2.75, 3.05) is 7.11 Å². The van der Waals surface area contributed by atoms with Crippen LogP contribution < -0.4 is 4.74 Å². The van der Waals surface area contributed by atoms with Crippen molar-refractivity contribution in [3.05, 3.63) is 106 Å². The Morgan fingerprint density at radius 2 is 1.65 bits per heavy atom. The van der Waals surface area contributed by atoms with Crippen molar-refractivity contribution in [3.63, 3.8) is 0 Å². The third-order valence-corrected chi connectivity index (χ3v) is 14.5. The smallest absolute Gasteiger partial charge is 0.201 e. The van der Waals surface area contributed by atoms with Crippen molar-refractivity contribution < 1.29 is 40.1 Å². The van der Waals surface area contributed by atoms with Crippen molar-refractivity contribution in [2.24, 2.45) is 23.7 Å². The molecule has 57 heavy (non-hydrogen) atoms. The number of hydrogen-bond donors (Lipinski definition) is 7. The van der Waals surface area contributed by atoms with E-state index in [1.165, 1.54) is 38.4 Å². The Labute approximate surface area is 336 Å². The largest absolute Gasteiger partial charge is 0.508 e. The van der Waals surface area contributed by atoms with Crippen molar-refractivity contribution in [1.29, 1.82) is 0 Å². The number of aromatic nitrogens is 1. The maximum Gasteiger partial charge on any atom is 0.201 e. The highest BCUT2D eigenvalue weighted by molar-refractivity contribution is 5.64. The molecular weight excluding hydrogens is 719 g/mol. The maximum atomic E-state index is 11.8. The average Bonchev–Trinajstić information content (AvgIpc) is 3.97. The number of phenolic OH excluding ortho intramolecular Hbond substituents is 2. The summed E-state index contributed by atoms with van der Waals surface area (Å²) in [5.41, 5.74) is 5.59. The first-order valence-electron chi connectivity index (χ1n) is 21.5. The van der Waals surface area contributed by atoms with Gasteiger partial charge in [-0.1, -0.05) is 68.1 Å². The third kappa shape index (κ3) is 8.18. The van der Waals surface area contributed by atoms with Gasteiger partial charge < -0.3 is 45.1 Å². The topological polar surface area (TPSA) is 156 Å². The molecule has 4 aromatic rings. The molecular formula is C48H61NO8. The number of hydrogen-bond acceptors (Lipinski definition) is 8. The van der Waals surface area contributed by atoms with Gasteiger partial charge in [0.15, 0.2) is 11.5 Å².